The summed E-state index contributed by atoms with van der Waals surface area (Å²) in [6.07, 6.45) is 0.850. The van der Waals surface area contributed by atoms with E-state index in [0.29, 0.717) is 36.0 Å². The van der Waals surface area contributed by atoms with E-state index in [1.807, 2.05) is 42.5 Å². The molecule has 6 heteroatoms. The average molecular weight is 512 g/mol. The van der Waals surface area contributed by atoms with Crippen molar-refractivity contribution in [1.82, 2.24) is 5.32 Å². The van der Waals surface area contributed by atoms with Crippen LogP contribution in [0.5, 0.6) is 23.0 Å². The Kier molecular flexibility index (Phi) is 8.88. The number of amides is 1. The zero-order valence-electron chi connectivity index (χ0n) is 22.2. The first-order chi connectivity index (χ1) is 18.6. The molecule has 0 fully saturated rings. The molecule has 0 aliphatic rings. The average Bonchev–Trinajstić information content (AvgIpc) is 2.97. The first-order valence-electron chi connectivity index (χ1n) is 12.4. The summed E-state index contributed by atoms with van der Waals surface area (Å²) in [6, 6.07) is 28.2. The van der Waals surface area contributed by atoms with Gasteiger partial charge in [0.05, 0.1) is 34.9 Å². The summed E-state index contributed by atoms with van der Waals surface area (Å²) >= 11 is 0. The second kappa shape index (κ2) is 12.7. The fourth-order valence-corrected chi connectivity index (χ4v) is 4.50. The van der Waals surface area contributed by atoms with E-state index in [9.17, 15) is 4.79 Å². The second-order valence-corrected chi connectivity index (χ2v) is 8.75. The molecule has 4 aromatic rings. The van der Waals surface area contributed by atoms with Gasteiger partial charge in [0.1, 0.15) is 0 Å². The predicted molar refractivity (Wildman–Crippen MR) is 150 cm³/mol. The van der Waals surface area contributed by atoms with Crippen LogP contribution in [0.15, 0.2) is 84.9 Å². The third-order valence-electron chi connectivity index (χ3n) is 6.43. The van der Waals surface area contributed by atoms with E-state index in [2.05, 4.69) is 41.7 Å². The van der Waals surface area contributed by atoms with Crippen molar-refractivity contribution in [3.05, 3.63) is 96.1 Å². The van der Waals surface area contributed by atoms with Crippen LogP contribution in [0.4, 0.5) is 0 Å². The topological polar surface area (TPSA) is 66.0 Å². The summed E-state index contributed by atoms with van der Waals surface area (Å²) in [5.41, 5.74) is 6.12. The maximum absolute atomic E-state index is 12.6. The Morgan fingerprint density at radius 1 is 0.658 bits per heavy atom. The molecule has 0 saturated heterocycles. The van der Waals surface area contributed by atoms with Crippen molar-refractivity contribution in [2.24, 2.45) is 0 Å². The van der Waals surface area contributed by atoms with Gasteiger partial charge in [-0.2, -0.15) is 0 Å². The second-order valence-electron chi connectivity index (χ2n) is 8.75. The van der Waals surface area contributed by atoms with Crippen LogP contribution in [0.3, 0.4) is 0 Å². The predicted octanol–water partition coefficient (Wildman–Crippen LogP) is 5.96. The van der Waals surface area contributed by atoms with Crippen molar-refractivity contribution in [1.29, 1.82) is 0 Å². The van der Waals surface area contributed by atoms with Gasteiger partial charge in [-0.25, -0.2) is 0 Å². The Balaban J connectivity index is 1.44. The van der Waals surface area contributed by atoms with Crippen molar-refractivity contribution in [2.45, 2.75) is 12.8 Å². The number of benzene rings is 4. The molecule has 0 atom stereocenters. The molecule has 0 aromatic heterocycles. The lowest BCUT2D eigenvalue weighted by atomic mass is 9.97. The number of ether oxygens (including phenoxy) is 4. The van der Waals surface area contributed by atoms with Crippen LogP contribution in [0, 0.1) is 0 Å². The molecule has 0 unspecified atom stereocenters. The molecule has 38 heavy (non-hydrogen) atoms. The van der Waals surface area contributed by atoms with E-state index < -0.39 is 0 Å². The van der Waals surface area contributed by atoms with Gasteiger partial charge in [-0.15, -0.1) is 0 Å². The molecule has 4 rings (SSSR count). The maximum atomic E-state index is 12.6. The van der Waals surface area contributed by atoms with Gasteiger partial charge in [0.2, 0.25) is 5.91 Å². The molecule has 6 nitrogen and oxygen atoms in total. The third-order valence-corrected chi connectivity index (χ3v) is 6.43. The maximum Gasteiger partial charge on any atom is 0.224 e. The van der Waals surface area contributed by atoms with Gasteiger partial charge in [0.25, 0.3) is 0 Å². The lowest BCUT2D eigenvalue weighted by Crippen LogP contribution is -2.27. The smallest absolute Gasteiger partial charge is 0.224 e. The number of hydrogen-bond donors (Lipinski definition) is 1. The monoisotopic (exact) mass is 511 g/mol. The van der Waals surface area contributed by atoms with Gasteiger partial charge >= 0.3 is 0 Å². The summed E-state index contributed by atoms with van der Waals surface area (Å²) in [7, 11) is 6.45. The van der Waals surface area contributed by atoms with Gasteiger partial charge in [-0.05, 0) is 46.4 Å². The highest BCUT2D eigenvalue weighted by Crippen LogP contribution is 2.41. The first kappa shape index (κ1) is 26.6. The van der Waals surface area contributed by atoms with Gasteiger partial charge < -0.3 is 24.3 Å². The van der Waals surface area contributed by atoms with Crippen molar-refractivity contribution in [3.8, 4) is 45.3 Å². The normalized spacial score (nSPS) is 10.5. The highest BCUT2D eigenvalue weighted by Gasteiger charge is 2.17. The summed E-state index contributed by atoms with van der Waals surface area (Å²) in [5, 5.41) is 3.00. The van der Waals surface area contributed by atoms with Gasteiger partial charge in [-0.3, -0.25) is 4.79 Å². The Labute approximate surface area is 224 Å². The van der Waals surface area contributed by atoms with Crippen LogP contribution >= 0.6 is 0 Å². The zero-order chi connectivity index (χ0) is 26.9. The van der Waals surface area contributed by atoms with Crippen LogP contribution in [0.2, 0.25) is 0 Å². The van der Waals surface area contributed by atoms with E-state index in [1.54, 1.807) is 34.5 Å². The van der Waals surface area contributed by atoms with Crippen molar-refractivity contribution < 1.29 is 23.7 Å². The highest BCUT2D eigenvalue weighted by atomic mass is 16.5. The van der Waals surface area contributed by atoms with Crippen LogP contribution in [-0.4, -0.2) is 40.9 Å². The van der Waals surface area contributed by atoms with Crippen LogP contribution in [-0.2, 0) is 17.6 Å². The molecule has 0 heterocycles. The van der Waals surface area contributed by atoms with Crippen LogP contribution < -0.4 is 24.3 Å². The lowest BCUT2D eigenvalue weighted by molar-refractivity contribution is -0.120. The van der Waals surface area contributed by atoms with E-state index in [-0.39, 0.29) is 12.3 Å². The summed E-state index contributed by atoms with van der Waals surface area (Å²) < 4.78 is 22.1. The minimum atomic E-state index is -0.0710. The molecule has 1 amide bonds. The van der Waals surface area contributed by atoms with Gasteiger partial charge in [0, 0.05) is 12.1 Å². The number of methoxy groups -OCH3 is 4. The molecule has 0 spiro atoms. The molecule has 0 radical (unpaired) electrons. The molecule has 0 aliphatic heterocycles. The molecule has 0 bridgehead atoms. The lowest BCUT2D eigenvalue weighted by Gasteiger charge is -2.17. The first-order valence-corrected chi connectivity index (χ1v) is 12.4. The SMILES string of the molecule is COc1ccc(CC(=O)NCCc2ccc(-c3ccc(-c4ccccc4)cc3)c(OC)c2OC)cc1OC. The van der Waals surface area contributed by atoms with Crippen molar-refractivity contribution >= 4 is 5.91 Å². The van der Waals surface area contributed by atoms with Crippen molar-refractivity contribution in [3.63, 3.8) is 0 Å². The molecule has 0 aliphatic carbocycles. The zero-order valence-corrected chi connectivity index (χ0v) is 22.2. The molecule has 0 saturated carbocycles. The number of rotatable bonds is 11. The van der Waals surface area contributed by atoms with Gasteiger partial charge in [-0.1, -0.05) is 72.8 Å². The van der Waals surface area contributed by atoms with E-state index in [4.69, 9.17) is 18.9 Å². The number of carbonyl (C=O) groups is 1. The summed E-state index contributed by atoms with van der Waals surface area (Å²) in [6.45, 7) is 0.469. The fraction of sp³-hybridized carbons (Fsp3) is 0.219. The van der Waals surface area contributed by atoms with Crippen LogP contribution in [0.25, 0.3) is 22.3 Å². The fourth-order valence-electron chi connectivity index (χ4n) is 4.50. The molecular formula is C32H33NO5. The number of carbonyl (C=O) groups excluding carboxylic acids is 1. The third kappa shape index (κ3) is 6.09. The molecule has 4 aromatic carbocycles. The minimum absolute atomic E-state index is 0.0710. The van der Waals surface area contributed by atoms with E-state index in [0.717, 1.165) is 27.8 Å². The number of nitrogens with one attached hydrogen (secondary N) is 1. The van der Waals surface area contributed by atoms with E-state index in [1.165, 1.54) is 5.56 Å². The quantitative estimate of drug-likeness (QED) is 0.269. The Bertz CT molecular complexity index is 1370. The van der Waals surface area contributed by atoms with Crippen LogP contribution in [0.1, 0.15) is 11.1 Å². The standard InChI is InChI=1S/C32H33NO5/c1-35-28-17-10-22(20-29(28)36-2)21-30(34)33-19-18-26-15-16-27(32(38-4)31(26)37-3)25-13-11-24(12-14-25)23-8-6-5-7-9-23/h5-17,20H,18-19,21H2,1-4H3,(H,33,34). The molecular weight excluding hydrogens is 478 g/mol. The number of hydrogen-bond acceptors (Lipinski definition) is 5. The van der Waals surface area contributed by atoms with E-state index >= 15 is 0 Å². The Morgan fingerprint density at radius 2 is 1.32 bits per heavy atom. The highest BCUT2D eigenvalue weighted by molar-refractivity contribution is 5.79. The summed E-state index contributed by atoms with van der Waals surface area (Å²) in [5.74, 6) is 2.51. The Hall–Kier alpha value is -4.45. The Morgan fingerprint density at radius 3 is 1.97 bits per heavy atom. The molecule has 1 N–H and O–H groups in total. The molecule has 196 valence electrons. The minimum Gasteiger partial charge on any atom is -0.493 e. The van der Waals surface area contributed by atoms with Gasteiger partial charge in [0.15, 0.2) is 23.0 Å². The van der Waals surface area contributed by atoms with Crippen molar-refractivity contribution in [2.75, 3.05) is 35.0 Å². The largest absolute Gasteiger partial charge is 0.493 e. The summed E-state index contributed by atoms with van der Waals surface area (Å²) in [4.78, 5) is 12.6.